The molecule has 0 fully saturated rings. The number of benzene rings is 1. The molecule has 0 aliphatic carbocycles. The third-order valence-corrected chi connectivity index (χ3v) is 7.55. The molecule has 114 valence electrons. The molecule has 0 amide bonds. The van der Waals surface area contributed by atoms with E-state index in [1.807, 2.05) is 37.3 Å². The fourth-order valence-electron chi connectivity index (χ4n) is 1.95. The number of nitrogens with zero attached hydrogens (tertiary/aromatic N) is 1. The molecule has 21 heavy (non-hydrogen) atoms. The third-order valence-electron chi connectivity index (χ3n) is 3.14. The molecule has 0 N–H and O–H groups in total. The zero-order chi connectivity index (χ0) is 15.5. The van der Waals surface area contributed by atoms with E-state index in [1.165, 1.54) is 15.6 Å². The quantitative estimate of drug-likeness (QED) is 0.712. The van der Waals surface area contributed by atoms with E-state index in [4.69, 9.17) is 0 Å². The van der Waals surface area contributed by atoms with Crippen LogP contribution in [0.15, 0.2) is 44.4 Å². The standard InChI is InChI=1S/C15H18BrNO2S2/c1-3-4-10-17(13-8-6-5-7-9-13)21(18,19)14-11-12(2)15(16)20-14/h5-9,11H,3-4,10H2,1-2H3. The highest BCUT2D eigenvalue weighted by Crippen LogP contribution is 2.34. The summed E-state index contributed by atoms with van der Waals surface area (Å²) in [6.07, 6.45) is 1.78. The molecule has 0 saturated heterocycles. The summed E-state index contributed by atoms with van der Waals surface area (Å²) in [6.45, 7) is 4.46. The molecule has 2 rings (SSSR count). The number of thiophene rings is 1. The average Bonchev–Trinajstić information content (AvgIpc) is 2.81. The number of sulfonamides is 1. The summed E-state index contributed by atoms with van der Waals surface area (Å²) < 4.78 is 28.6. The highest BCUT2D eigenvalue weighted by molar-refractivity contribution is 9.11. The molecule has 0 radical (unpaired) electrons. The Morgan fingerprint density at radius 3 is 2.43 bits per heavy atom. The van der Waals surface area contributed by atoms with E-state index in [0.717, 1.165) is 22.2 Å². The lowest BCUT2D eigenvalue weighted by atomic mass is 10.3. The number of hydrogen-bond donors (Lipinski definition) is 0. The molecule has 0 aliphatic rings. The largest absolute Gasteiger partial charge is 0.273 e. The van der Waals surface area contributed by atoms with E-state index < -0.39 is 10.0 Å². The van der Waals surface area contributed by atoms with Crippen molar-refractivity contribution in [1.29, 1.82) is 0 Å². The topological polar surface area (TPSA) is 37.4 Å². The minimum absolute atomic E-state index is 0.381. The van der Waals surface area contributed by atoms with Gasteiger partial charge in [-0.25, -0.2) is 8.42 Å². The summed E-state index contributed by atoms with van der Waals surface area (Å²) in [5.74, 6) is 0. The smallest absolute Gasteiger partial charge is 0.266 e. The minimum atomic E-state index is -3.51. The Labute approximate surface area is 138 Å². The fraction of sp³-hybridized carbons (Fsp3) is 0.333. The lowest BCUT2D eigenvalue weighted by Gasteiger charge is -2.23. The summed E-state index contributed by atoms with van der Waals surface area (Å²) >= 11 is 4.67. The molecule has 1 aromatic carbocycles. The molecule has 1 aromatic heterocycles. The molecule has 0 unspecified atom stereocenters. The maximum atomic E-state index is 12.9. The second-order valence-corrected chi connectivity index (χ2v) is 9.25. The highest BCUT2D eigenvalue weighted by Gasteiger charge is 2.26. The zero-order valence-electron chi connectivity index (χ0n) is 12.0. The molecule has 0 atom stereocenters. The van der Waals surface area contributed by atoms with Crippen LogP contribution in [0.3, 0.4) is 0 Å². The van der Waals surface area contributed by atoms with Crippen LogP contribution in [0.25, 0.3) is 0 Å². The maximum absolute atomic E-state index is 12.9. The predicted molar refractivity (Wildman–Crippen MR) is 92.6 cm³/mol. The van der Waals surface area contributed by atoms with Crippen molar-refractivity contribution < 1.29 is 8.42 Å². The summed E-state index contributed by atoms with van der Waals surface area (Å²) in [7, 11) is -3.51. The number of hydrogen-bond acceptors (Lipinski definition) is 3. The van der Waals surface area contributed by atoms with Gasteiger partial charge in [0.2, 0.25) is 0 Å². The number of unbranched alkanes of at least 4 members (excludes halogenated alkanes) is 1. The van der Waals surface area contributed by atoms with E-state index in [1.54, 1.807) is 6.07 Å². The minimum Gasteiger partial charge on any atom is -0.266 e. The first-order chi connectivity index (χ1) is 9.96. The average molecular weight is 388 g/mol. The molecule has 2 aromatic rings. The highest BCUT2D eigenvalue weighted by atomic mass is 79.9. The van der Waals surface area contributed by atoms with Crippen LogP contribution in [0.1, 0.15) is 25.3 Å². The number of rotatable bonds is 6. The molecular weight excluding hydrogens is 370 g/mol. The van der Waals surface area contributed by atoms with Crippen LogP contribution in [0.5, 0.6) is 0 Å². The second kappa shape index (κ2) is 6.94. The van der Waals surface area contributed by atoms with Crippen molar-refractivity contribution in [3.8, 4) is 0 Å². The van der Waals surface area contributed by atoms with Crippen molar-refractivity contribution in [2.45, 2.75) is 30.9 Å². The lowest BCUT2D eigenvalue weighted by Crippen LogP contribution is -2.31. The molecule has 1 heterocycles. The Balaban J connectivity index is 2.44. The van der Waals surface area contributed by atoms with E-state index >= 15 is 0 Å². The van der Waals surface area contributed by atoms with E-state index in [2.05, 4.69) is 22.9 Å². The Morgan fingerprint density at radius 1 is 1.24 bits per heavy atom. The van der Waals surface area contributed by atoms with Crippen molar-refractivity contribution in [1.82, 2.24) is 0 Å². The fourth-order valence-corrected chi connectivity index (χ4v) is 5.80. The van der Waals surface area contributed by atoms with Gasteiger partial charge in [0.15, 0.2) is 0 Å². The molecule has 3 nitrogen and oxygen atoms in total. The monoisotopic (exact) mass is 387 g/mol. The van der Waals surface area contributed by atoms with Crippen LogP contribution in [0.4, 0.5) is 5.69 Å². The van der Waals surface area contributed by atoms with Crippen LogP contribution in [0, 0.1) is 6.92 Å². The van der Waals surface area contributed by atoms with Crippen molar-refractivity contribution in [3.05, 3.63) is 45.7 Å². The molecule has 0 bridgehead atoms. The number of aryl methyl sites for hydroxylation is 1. The van der Waals surface area contributed by atoms with Crippen molar-refractivity contribution in [3.63, 3.8) is 0 Å². The Bertz CT molecular complexity index is 676. The summed E-state index contributed by atoms with van der Waals surface area (Å²) in [6, 6.07) is 11.0. The number of halogens is 1. The van der Waals surface area contributed by atoms with Gasteiger partial charge in [-0.2, -0.15) is 0 Å². The van der Waals surface area contributed by atoms with Gasteiger partial charge >= 0.3 is 0 Å². The van der Waals surface area contributed by atoms with Crippen molar-refractivity contribution in [2.75, 3.05) is 10.8 Å². The molecular formula is C15H18BrNO2S2. The summed E-state index contributed by atoms with van der Waals surface area (Å²) in [5.41, 5.74) is 1.66. The molecule has 0 saturated carbocycles. The maximum Gasteiger partial charge on any atom is 0.273 e. The van der Waals surface area contributed by atoms with Crippen LogP contribution in [-0.4, -0.2) is 15.0 Å². The van der Waals surface area contributed by atoms with Gasteiger partial charge in [0.05, 0.1) is 9.47 Å². The second-order valence-electron chi connectivity index (χ2n) is 4.79. The Hall–Kier alpha value is -0.850. The van der Waals surface area contributed by atoms with Crippen LogP contribution in [0.2, 0.25) is 0 Å². The van der Waals surface area contributed by atoms with Crippen molar-refractivity contribution in [2.24, 2.45) is 0 Å². The zero-order valence-corrected chi connectivity index (χ0v) is 15.3. The first-order valence-corrected chi connectivity index (χ1v) is 9.85. The van der Waals surface area contributed by atoms with E-state index in [0.29, 0.717) is 16.4 Å². The van der Waals surface area contributed by atoms with Gasteiger partial charge in [-0.15, -0.1) is 11.3 Å². The Kier molecular flexibility index (Phi) is 5.46. The van der Waals surface area contributed by atoms with Gasteiger partial charge in [-0.05, 0) is 53.0 Å². The SMILES string of the molecule is CCCCN(c1ccccc1)S(=O)(=O)c1cc(C)c(Br)s1. The van der Waals surface area contributed by atoms with Gasteiger partial charge < -0.3 is 0 Å². The molecule has 6 heteroatoms. The first-order valence-electron chi connectivity index (χ1n) is 6.80. The predicted octanol–water partition coefficient (Wildman–Crippen LogP) is 4.81. The lowest BCUT2D eigenvalue weighted by molar-refractivity contribution is 0.590. The van der Waals surface area contributed by atoms with Gasteiger partial charge in [-0.3, -0.25) is 4.31 Å². The van der Waals surface area contributed by atoms with Crippen LogP contribution >= 0.6 is 27.3 Å². The summed E-state index contributed by atoms with van der Waals surface area (Å²) in [4.78, 5) is 0. The van der Waals surface area contributed by atoms with Crippen LogP contribution in [-0.2, 0) is 10.0 Å². The molecule has 0 spiro atoms. The number of anilines is 1. The van der Waals surface area contributed by atoms with Gasteiger partial charge in [0.25, 0.3) is 10.0 Å². The van der Waals surface area contributed by atoms with Crippen molar-refractivity contribution >= 4 is 43.0 Å². The first kappa shape index (κ1) is 16.5. The summed E-state index contributed by atoms with van der Waals surface area (Å²) in [5, 5.41) is 0. The number of para-hydroxylation sites is 1. The normalized spacial score (nSPS) is 11.6. The van der Waals surface area contributed by atoms with Gasteiger partial charge in [-0.1, -0.05) is 31.5 Å². The van der Waals surface area contributed by atoms with Gasteiger partial charge in [0.1, 0.15) is 4.21 Å². The van der Waals surface area contributed by atoms with Crippen LogP contribution < -0.4 is 4.31 Å². The molecule has 0 aliphatic heterocycles. The Morgan fingerprint density at radius 2 is 1.90 bits per heavy atom. The third kappa shape index (κ3) is 3.67. The van der Waals surface area contributed by atoms with Gasteiger partial charge in [0, 0.05) is 6.54 Å². The van der Waals surface area contributed by atoms with E-state index in [-0.39, 0.29) is 0 Å². The van der Waals surface area contributed by atoms with E-state index in [9.17, 15) is 8.42 Å².